The van der Waals surface area contributed by atoms with Crippen molar-refractivity contribution in [3.8, 4) is 0 Å². The summed E-state index contributed by atoms with van der Waals surface area (Å²) in [6, 6.07) is 10.1. The van der Waals surface area contributed by atoms with Crippen LogP contribution < -0.4 is 0 Å². The fraction of sp³-hybridized carbons (Fsp3) is 0.0625. The van der Waals surface area contributed by atoms with Crippen LogP contribution in [-0.2, 0) is 6.42 Å². The maximum Gasteiger partial charge on any atom is 0.269 e. The topological polar surface area (TPSA) is 103 Å². The number of hydrogen-bond acceptors (Lipinski definition) is 5. The predicted molar refractivity (Wildman–Crippen MR) is 84.3 cm³/mol. The molecule has 0 aliphatic heterocycles. The molecule has 0 saturated carbocycles. The lowest BCUT2D eigenvalue weighted by Crippen LogP contribution is -1.95. The lowest BCUT2D eigenvalue weighted by Gasteiger charge is -2.01. The van der Waals surface area contributed by atoms with E-state index in [9.17, 15) is 25.0 Å². The lowest BCUT2D eigenvalue weighted by atomic mass is 10.0. The number of non-ortho nitro benzene ring substituents is 2. The molecule has 2 rings (SSSR count). The van der Waals surface area contributed by atoms with Crippen LogP contribution in [0.25, 0.3) is 6.08 Å². The standard InChI is InChI=1S/C16H12N2O5/c19-11-14-6-9-16(18(22)23)10-13(14)3-1-2-12-4-7-15(8-5-12)17(20)21/h1-2,4-11H,3H2. The molecular formula is C16H12N2O5. The first-order chi connectivity index (χ1) is 11.0. The van der Waals surface area contributed by atoms with E-state index in [4.69, 9.17) is 0 Å². The van der Waals surface area contributed by atoms with Crippen LogP contribution in [0.15, 0.2) is 48.5 Å². The number of rotatable bonds is 6. The zero-order valence-corrected chi connectivity index (χ0v) is 11.9. The highest BCUT2D eigenvalue weighted by atomic mass is 16.6. The Kier molecular flexibility index (Phi) is 4.93. The van der Waals surface area contributed by atoms with Crippen molar-refractivity contribution in [1.29, 1.82) is 0 Å². The van der Waals surface area contributed by atoms with E-state index in [0.717, 1.165) is 5.56 Å². The summed E-state index contributed by atoms with van der Waals surface area (Å²) in [5, 5.41) is 21.3. The van der Waals surface area contributed by atoms with E-state index < -0.39 is 9.85 Å². The second-order valence-electron chi connectivity index (χ2n) is 4.71. The van der Waals surface area contributed by atoms with Gasteiger partial charge in [-0.05, 0) is 35.7 Å². The number of aldehydes is 1. The average molecular weight is 312 g/mol. The van der Waals surface area contributed by atoms with Gasteiger partial charge in [0.05, 0.1) is 9.85 Å². The summed E-state index contributed by atoms with van der Waals surface area (Å²) in [5.41, 5.74) is 1.63. The molecule has 0 bridgehead atoms. The number of carbonyl (C=O) groups is 1. The molecule has 0 N–H and O–H groups in total. The molecule has 2 aromatic carbocycles. The molecule has 7 nitrogen and oxygen atoms in total. The van der Waals surface area contributed by atoms with Crippen molar-refractivity contribution in [2.75, 3.05) is 0 Å². The molecule has 0 unspecified atom stereocenters. The minimum atomic E-state index is -0.516. The Morgan fingerprint density at radius 3 is 2.09 bits per heavy atom. The summed E-state index contributed by atoms with van der Waals surface area (Å²) in [7, 11) is 0. The van der Waals surface area contributed by atoms with Crippen molar-refractivity contribution in [2.24, 2.45) is 0 Å². The third kappa shape index (κ3) is 4.07. The summed E-state index contributed by atoms with van der Waals surface area (Å²) < 4.78 is 0. The van der Waals surface area contributed by atoms with Gasteiger partial charge in [0.15, 0.2) is 0 Å². The largest absolute Gasteiger partial charge is 0.298 e. The van der Waals surface area contributed by atoms with Crippen LogP contribution >= 0.6 is 0 Å². The van der Waals surface area contributed by atoms with E-state index in [1.165, 1.54) is 30.3 Å². The van der Waals surface area contributed by atoms with Gasteiger partial charge in [0.25, 0.3) is 11.4 Å². The zero-order valence-electron chi connectivity index (χ0n) is 11.9. The van der Waals surface area contributed by atoms with Gasteiger partial charge >= 0.3 is 0 Å². The second-order valence-corrected chi connectivity index (χ2v) is 4.71. The van der Waals surface area contributed by atoms with Crippen LogP contribution in [-0.4, -0.2) is 16.1 Å². The molecule has 116 valence electrons. The molecule has 7 heteroatoms. The smallest absolute Gasteiger partial charge is 0.269 e. The quantitative estimate of drug-likeness (QED) is 0.460. The molecular weight excluding hydrogens is 300 g/mol. The minimum Gasteiger partial charge on any atom is -0.298 e. The first-order valence-corrected chi connectivity index (χ1v) is 6.65. The number of allylic oxidation sites excluding steroid dienone is 1. The average Bonchev–Trinajstić information content (AvgIpc) is 2.55. The first-order valence-electron chi connectivity index (χ1n) is 6.65. The van der Waals surface area contributed by atoms with Crippen LogP contribution in [0.2, 0.25) is 0 Å². The maximum atomic E-state index is 11.0. The molecule has 0 saturated heterocycles. The summed E-state index contributed by atoms with van der Waals surface area (Å²) >= 11 is 0. The molecule has 0 aromatic heterocycles. The SMILES string of the molecule is O=Cc1ccc([N+](=O)[O-])cc1CC=Cc1ccc([N+](=O)[O-])cc1. The lowest BCUT2D eigenvalue weighted by molar-refractivity contribution is -0.385. The number of nitro groups is 2. The van der Waals surface area contributed by atoms with Crippen LogP contribution in [0.5, 0.6) is 0 Å². The molecule has 0 amide bonds. The Labute approximate surface area is 131 Å². The Morgan fingerprint density at radius 1 is 0.913 bits per heavy atom. The second kappa shape index (κ2) is 7.08. The van der Waals surface area contributed by atoms with E-state index in [2.05, 4.69) is 0 Å². The maximum absolute atomic E-state index is 11.0. The molecule has 0 fully saturated rings. The summed E-state index contributed by atoms with van der Waals surface area (Å²) in [5.74, 6) is 0. The fourth-order valence-electron chi connectivity index (χ4n) is 2.03. The van der Waals surface area contributed by atoms with E-state index in [1.54, 1.807) is 24.3 Å². The van der Waals surface area contributed by atoms with Gasteiger partial charge in [-0.15, -0.1) is 0 Å². The van der Waals surface area contributed by atoms with E-state index >= 15 is 0 Å². The van der Waals surface area contributed by atoms with Crippen molar-refractivity contribution in [3.05, 3.63) is 85.5 Å². The summed E-state index contributed by atoms with van der Waals surface area (Å²) in [4.78, 5) is 31.3. The van der Waals surface area contributed by atoms with E-state index in [1.807, 2.05) is 0 Å². The highest BCUT2D eigenvalue weighted by molar-refractivity contribution is 5.78. The minimum absolute atomic E-state index is 0.00377. The van der Waals surface area contributed by atoms with Crippen LogP contribution in [0.3, 0.4) is 0 Å². The Hall–Kier alpha value is -3.35. The first kappa shape index (κ1) is 16.0. The van der Waals surface area contributed by atoms with Gasteiger partial charge in [-0.2, -0.15) is 0 Å². The summed E-state index contributed by atoms with van der Waals surface area (Å²) in [6.07, 6.45) is 4.47. The van der Waals surface area contributed by atoms with Crippen molar-refractivity contribution in [3.63, 3.8) is 0 Å². The molecule has 0 heterocycles. The Balaban J connectivity index is 2.16. The third-order valence-electron chi connectivity index (χ3n) is 3.22. The Bertz CT molecular complexity index is 782. The van der Waals surface area contributed by atoms with Gasteiger partial charge in [0.1, 0.15) is 6.29 Å². The predicted octanol–water partition coefficient (Wildman–Crippen LogP) is 3.57. The number of carbonyl (C=O) groups excluding carboxylic acids is 1. The number of nitro benzene ring substituents is 2. The monoisotopic (exact) mass is 312 g/mol. The normalized spacial score (nSPS) is 10.6. The van der Waals surface area contributed by atoms with Crippen molar-refractivity contribution >= 4 is 23.7 Å². The number of nitrogens with zero attached hydrogens (tertiary/aromatic N) is 2. The highest BCUT2D eigenvalue weighted by Crippen LogP contribution is 2.18. The number of benzene rings is 2. The number of hydrogen-bond donors (Lipinski definition) is 0. The van der Waals surface area contributed by atoms with Gasteiger partial charge < -0.3 is 0 Å². The van der Waals surface area contributed by atoms with Crippen molar-refractivity contribution in [2.45, 2.75) is 6.42 Å². The molecule has 23 heavy (non-hydrogen) atoms. The highest BCUT2D eigenvalue weighted by Gasteiger charge is 2.09. The van der Waals surface area contributed by atoms with Crippen LogP contribution in [0, 0.1) is 20.2 Å². The third-order valence-corrected chi connectivity index (χ3v) is 3.22. The zero-order chi connectivity index (χ0) is 16.8. The molecule has 2 aromatic rings. The Morgan fingerprint density at radius 2 is 1.52 bits per heavy atom. The molecule has 0 aliphatic carbocycles. The van der Waals surface area contributed by atoms with Crippen LogP contribution in [0.1, 0.15) is 21.5 Å². The molecule has 0 radical (unpaired) electrons. The molecule has 0 atom stereocenters. The van der Waals surface area contributed by atoms with Gasteiger partial charge in [-0.1, -0.05) is 12.2 Å². The van der Waals surface area contributed by atoms with Crippen molar-refractivity contribution < 1.29 is 14.6 Å². The van der Waals surface area contributed by atoms with E-state index in [-0.39, 0.29) is 11.4 Å². The van der Waals surface area contributed by atoms with E-state index in [0.29, 0.717) is 23.8 Å². The van der Waals surface area contributed by atoms with Gasteiger partial charge in [0, 0.05) is 29.8 Å². The van der Waals surface area contributed by atoms with Crippen LogP contribution in [0.4, 0.5) is 11.4 Å². The summed E-state index contributed by atoms with van der Waals surface area (Å²) in [6.45, 7) is 0. The van der Waals surface area contributed by atoms with Gasteiger partial charge in [-0.3, -0.25) is 25.0 Å². The van der Waals surface area contributed by atoms with Gasteiger partial charge in [-0.25, -0.2) is 0 Å². The van der Waals surface area contributed by atoms with Crippen molar-refractivity contribution in [1.82, 2.24) is 0 Å². The van der Waals surface area contributed by atoms with Gasteiger partial charge in [0.2, 0.25) is 0 Å². The molecule has 0 aliphatic rings. The molecule has 0 spiro atoms. The fourth-order valence-corrected chi connectivity index (χ4v) is 2.03.